The molecule has 3 N–H and O–H groups in total. The molecular formula is C15H22N4O. The van der Waals surface area contributed by atoms with Crippen molar-refractivity contribution in [3.8, 4) is 0 Å². The number of carbonyl (C=O) groups is 1. The van der Waals surface area contributed by atoms with Crippen LogP contribution in [0.5, 0.6) is 0 Å². The molecule has 0 unspecified atom stereocenters. The minimum atomic E-state index is -0.154. The maximum absolute atomic E-state index is 12.1. The van der Waals surface area contributed by atoms with Gasteiger partial charge >= 0.3 is 6.03 Å². The second-order valence-corrected chi connectivity index (χ2v) is 5.09. The molecule has 1 heterocycles. The fraction of sp³-hybridized carbons (Fsp3) is 0.467. The largest absolute Gasteiger partial charge is 0.332 e. The molecular weight excluding hydrogens is 252 g/mol. The minimum Gasteiger partial charge on any atom is -0.332 e. The molecule has 2 amide bonds. The predicted octanol–water partition coefficient (Wildman–Crippen LogP) is 3.65. The van der Waals surface area contributed by atoms with Gasteiger partial charge in [-0.05, 0) is 37.5 Å². The van der Waals surface area contributed by atoms with Crippen molar-refractivity contribution in [2.45, 2.75) is 45.6 Å². The first kappa shape index (κ1) is 14.4. The summed E-state index contributed by atoms with van der Waals surface area (Å²) in [6.07, 6.45) is 4.52. The number of urea groups is 1. The molecule has 0 fully saturated rings. The number of hydrogen-bond acceptors (Lipinski definition) is 2. The third-order valence-corrected chi connectivity index (χ3v) is 4.11. The van der Waals surface area contributed by atoms with Gasteiger partial charge < -0.3 is 10.6 Å². The smallest absolute Gasteiger partial charge is 0.319 e. The third kappa shape index (κ3) is 2.92. The first-order valence-electron chi connectivity index (χ1n) is 7.14. The van der Waals surface area contributed by atoms with E-state index in [2.05, 4.69) is 41.6 Å². The number of benzene rings is 1. The van der Waals surface area contributed by atoms with Gasteiger partial charge in [-0.1, -0.05) is 20.8 Å². The van der Waals surface area contributed by atoms with Crippen LogP contribution in [-0.4, -0.2) is 21.8 Å². The molecule has 0 bridgehead atoms. The Morgan fingerprint density at radius 3 is 2.60 bits per heavy atom. The van der Waals surface area contributed by atoms with Crippen LogP contribution < -0.4 is 10.6 Å². The van der Waals surface area contributed by atoms with Gasteiger partial charge in [0, 0.05) is 16.6 Å². The summed E-state index contributed by atoms with van der Waals surface area (Å²) in [6, 6.07) is 5.53. The molecule has 5 heteroatoms. The Morgan fingerprint density at radius 2 is 1.95 bits per heavy atom. The molecule has 0 saturated carbocycles. The van der Waals surface area contributed by atoms with Crippen molar-refractivity contribution >= 4 is 22.6 Å². The maximum Gasteiger partial charge on any atom is 0.319 e. The number of anilines is 1. The van der Waals surface area contributed by atoms with Crippen LogP contribution in [0.2, 0.25) is 0 Å². The highest BCUT2D eigenvalue weighted by Crippen LogP contribution is 2.20. The van der Waals surface area contributed by atoms with Crippen molar-refractivity contribution in [2.75, 3.05) is 5.32 Å². The molecule has 20 heavy (non-hydrogen) atoms. The van der Waals surface area contributed by atoms with Crippen molar-refractivity contribution in [3.63, 3.8) is 0 Å². The molecule has 0 aliphatic carbocycles. The molecule has 5 nitrogen and oxygen atoms in total. The van der Waals surface area contributed by atoms with E-state index in [-0.39, 0.29) is 11.6 Å². The number of nitrogens with one attached hydrogen (secondary N) is 3. The summed E-state index contributed by atoms with van der Waals surface area (Å²) in [7, 11) is 0. The first-order chi connectivity index (χ1) is 9.62. The molecule has 2 aromatic rings. The van der Waals surface area contributed by atoms with E-state index >= 15 is 0 Å². The molecule has 1 aromatic heterocycles. The monoisotopic (exact) mass is 274 g/mol. The van der Waals surface area contributed by atoms with E-state index in [0.717, 1.165) is 35.9 Å². The normalized spacial score (nSPS) is 11.6. The van der Waals surface area contributed by atoms with Crippen molar-refractivity contribution in [3.05, 3.63) is 24.4 Å². The number of rotatable bonds is 5. The average molecular weight is 274 g/mol. The number of aromatic nitrogens is 2. The van der Waals surface area contributed by atoms with E-state index in [1.807, 2.05) is 18.2 Å². The minimum absolute atomic E-state index is 0.121. The molecule has 108 valence electrons. The zero-order valence-corrected chi connectivity index (χ0v) is 12.3. The number of carbonyl (C=O) groups excluding carboxylic acids is 1. The van der Waals surface area contributed by atoms with E-state index in [9.17, 15) is 4.79 Å². The van der Waals surface area contributed by atoms with E-state index in [1.165, 1.54) is 0 Å². The molecule has 0 aliphatic heterocycles. The highest BCUT2D eigenvalue weighted by atomic mass is 16.2. The summed E-state index contributed by atoms with van der Waals surface area (Å²) in [6.45, 7) is 6.31. The average Bonchev–Trinajstić information content (AvgIpc) is 2.92. The fourth-order valence-electron chi connectivity index (χ4n) is 2.44. The molecule has 1 aromatic carbocycles. The molecule has 0 aliphatic rings. The van der Waals surface area contributed by atoms with Crippen molar-refractivity contribution in [1.29, 1.82) is 0 Å². The third-order valence-electron chi connectivity index (χ3n) is 4.11. The first-order valence-corrected chi connectivity index (χ1v) is 7.14. The number of aromatic amines is 1. The SMILES string of the molecule is CCC(CC)(CC)NC(=O)Nc1ccc2[nH]ncc2c1. The van der Waals surface area contributed by atoms with Crippen molar-refractivity contribution < 1.29 is 4.79 Å². The van der Waals surface area contributed by atoms with Gasteiger partial charge in [-0.2, -0.15) is 5.10 Å². The highest BCUT2D eigenvalue weighted by Gasteiger charge is 2.25. The van der Waals surface area contributed by atoms with Crippen LogP contribution in [-0.2, 0) is 0 Å². The Balaban J connectivity index is 2.07. The van der Waals surface area contributed by atoms with E-state index in [0.29, 0.717) is 0 Å². The van der Waals surface area contributed by atoms with Gasteiger partial charge in [-0.3, -0.25) is 5.10 Å². The van der Waals surface area contributed by atoms with E-state index < -0.39 is 0 Å². The Hall–Kier alpha value is -2.04. The molecule has 0 spiro atoms. The summed E-state index contributed by atoms with van der Waals surface area (Å²) >= 11 is 0. The summed E-state index contributed by atoms with van der Waals surface area (Å²) < 4.78 is 0. The zero-order valence-electron chi connectivity index (χ0n) is 12.3. The predicted molar refractivity (Wildman–Crippen MR) is 81.9 cm³/mol. The molecule has 0 saturated heterocycles. The Bertz CT molecular complexity index is 578. The van der Waals surface area contributed by atoms with Crippen LogP contribution >= 0.6 is 0 Å². The van der Waals surface area contributed by atoms with E-state index in [4.69, 9.17) is 0 Å². The van der Waals surface area contributed by atoms with Crippen LogP contribution in [0.15, 0.2) is 24.4 Å². The van der Waals surface area contributed by atoms with Crippen molar-refractivity contribution in [2.24, 2.45) is 0 Å². The number of hydrogen-bond donors (Lipinski definition) is 3. The van der Waals surface area contributed by atoms with Gasteiger partial charge in [0.1, 0.15) is 0 Å². The molecule has 0 radical (unpaired) electrons. The van der Waals surface area contributed by atoms with Crippen LogP contribution in [0.3, 0.4) is 0 Å². The van der Waals surface area contributed by atoms with Gasteiger partial charge in [0.2, 0.25) is 0 Å². The Morgan fingerprint density at radius 1 is 1.25 bits per heavy atom. The summed E-state index contributed by atoms with van der Waals surface area (Å²) in [5, 5.41) is 13.8. The number of fused-ring (bicyclic) bond motifs is 1. The number of H-pyrrole nitrogens is 1. The molecule has 0 atom stereocenters. The van der Waals surface area contributed by atoms with Gasteiger partial charge in [-0.25, -0.2) is 4.79 Å². The van der Waals surface area contributed by atoms with Crippen LogP contribution in [0.4, 0.5) is 10.5 Å². The lowest BCUT2D eigenvalue weighted by atomic mass is 9.90. The summed E-state index contributed by atoms with van der Waals surface area (Å²) in [5.41, 5.74) is 1.61. The lowest BCUT2D eigenvalue weighted by Crippen LogP contribution is -2.48. The van der Waals surface area contributed by atoms with Gasteiger partial charge in [-0.15, -0.1) is 0 Å². The standard InChI is InChI=1S/C15H22N4O/c1-4-15(5-2,6-3)18-14(20)17-12-7-8-13-11(9-12)10-16-19-13/h7-10H,4-6H2,1-3H3,(H,16,19)(H2,17,18,20). The fourth-order valence-corrected chi connectivity index (χ4v) is 2.44. The lowest BCUT2D eigenvalue weighted by Gasteiger charge is -2.31. The number of amides is 2. The van der Waals surface area contributed by atoms with Crippen LogP contribution in [0.1, 0.15) is 40.0 Å². The summed E-state index contributed by atoms with van der Waals surface area (Å²) in [5.74, 6) is 0. The van der Waals surface area contributed by atoms with E-state index in [1.54, 1.807) is 6.20 Å². The topological polar surface area (TPSA) is 69.8 Å². The quantitative estimate of drug-likeness (QED) is 0.778. The number of nitrogens with zero attached hydrogens (tertiary/aromatic N) is 1. The zero-order chi connectivity index (χ0) is 14.6. The van der Waals surface area contributed by atoms with Crippen molar-refractivity contribution in [1.82, 2.24) is 15.5 Å². The van der Waals surface area contributed by atoms with Crippen LogP contribution in [0, 0.1) is 0 Å². The van der Waals surface area contributed by atoms with Gasteiger partial charge in [0.05, 0.1) is 11.7 Å². The lowest BCUT2D eigenvalue weighted by molar-refractivity contribution is 0.229. The second-order valence-electron chi connectivity index (χ2n) is 5.09. The molecule has 2 rings (SSSR count). The highest BCUT2D eigenvalue weighted by molar-refractivity contribution is 5.92. The Kier molecular flexibility index (Phi) is 4.27. The maximum atomic E-state index is 12.1. The summed E-state index contributed by atoms with van der Waals surface area (Å²) in [4.78, 5) is 12.1. The van der Waals surface area contributed by atoms with Crippen LogP contribution in [0.25, 0.3) is 10.9 Å². The van der Waals surface area contributed by atoms with Gasteiger partial charge in [0.25, 0.3) is 0 Å². The van der Waals surface area contributed by atoms with Gasteiger partial charge in [0.15, 0.2) is 0 Å². The second kappa shape index (κ2) is 5.94. The Labute approximate surface area is 119 Å².